The number of aromatic nitrogens is 2. The normalized spacial score (nSPS) is 10.7. The fourth-order valence-corrected chi connectivity index (χ4v) is 2.80. The topological polar surface area (TPSA) is 54.9 Å². The van der Waals surface area contributed by atoms with Crippen LogP contribution in [-0.2, 0) is 0 Å². The van der Waals surface area contributed by atoms with Crippen molar-refractivity contribution in [3.8, 4) is 5.69 Å². The van der Waals surface area contributed by atoms with E-state index < -0.39 is 11.2 Å². The first kappa shape index (κ1) is 13.1. The van der Waals surface area contributed by atoms with E-state index in [1.54, 1.807) is 0 Å². The maximum absolute atomic E-state index is 11.9. The molecule has 0 aliphatic rings. The summed E-state index contributed by atoms with van der Waals surface area (Å²) in [5, 5.41) is 0.0358. The lowest BCUT2D eigenvalue weighted by Crippen LogP contribution is -2.34. The Morgan fingerprint density at radius 1 is 1.17 bits per heavy atom. The van der Waals surface area contributed by atoms with Crippen LogP contribution < -0.4 is 11.2 Å². The molecule has 18 heavy (non-hydrogen) atoms. The number of rotatable bonds is 1. The highest BCUT2D eigenvalue weighted by Crippen LogP contribution is 2.22. The smallest absolute Gasteiger partial charge is 0.297 e. The monoisotopic (exact) mass is 328 g/mol. The maximum atomic E-state index is 11.9. The van der Waals surface area contributed by atoms with Crippen molar-refractivity contribution >= 4 is 27.5 Å². The van der Waals surface area contributed by atoms with Gasteiger partial charge in [0.05, 0.1) is 5.69 Å². The molecule has 0 aliphatic carbocycles. The Kier molecular flexibility index (Phi) is 3.45. The largest absolute Gasteiger partial charge is 0.334 e. The van der Waals surface area contributed by atoms with E-state index in [0.29, 0.717) is 5.69 Å². The average Bonchev–Trinajstić information content (AvgIpc) is 2.20. The van der Waals surface area contributed by atoms with Crippen molar-refractivity contribution in [2.45, 2.75) is 13.8 Å². The molecule has 0 unspecified atom stereocenters. The van der Waals surface area contributed by atoms with Crippen molar-refractivity contribution in [2.75, 3.05) is 0 Å². The van der Waals surface area contributed by atoms with E-state index in [4.69, 9.17) is 11.6 Å². The van der Waals surface area contributed by atoms with Gasteiger partial charge in [0.2, 0.25) is 0 Å². The Bertz CT molecular complexity index is 679. The number of nitrogens with one attached hydrogen (secondary N) is 1. The van der Waals surface area contributed by atoms with Gasteiger partial charge in [0.25, 0.3) is 5.56 Å². The van der Waals surface area contributed by atoms with Crippen LogP contribution in [0.2, 0.25) is 5.15 Å². The van der Waals surface area contributed by atoms with E-state index in [2.05, 4.69) is 20.9 Å². The third kappa shape index (κ3) is 2.28. The van der Waals surface area contributed by atoms with Gasteiger partial charge in [-0.2, -0.15) is 0 Å². The Hall–Kier alpha value is -1.33. The Morgan fingerprint density at radius 3 is 2.22 bits per heavy atom. The lowest BCUT2D eigenvalue weighted by atomic mass is 10.1. The number of aromatic amines is 1. The summed E-state index contributed by atoms with van der Waals surface area (Å²) >= 11 is 9.01. The second kappa shape index (κ2) is 4.74. The molecule has 0 spiro atoms. The van der Waals surface area contributed by atoms with E-state index in [1.807, 2.05) is 26.0 Å². The molecular formula is C12H10BrClN2O2. The first-order valence-electron chi connectivity index (χ1n) is 5.19. The number of hydrogen-bond donors (Lipinski definition) is 1. The molecule has 1 aromatic carbocycles. The zero-order chi connectivity index (χ0) is 13.4. The van der Waals surface area contributed by atoms with Gasteiger partial charge in [-0.05, 0) is 37.1 Å². The minimum Gasteiger partial charge on any atom is -0.297 e. The number of benzene rings is 1. The third-order valence-corrected chi connectivity index (χ3v) is 3.24. The fraction of sp³-hybridized carbons (Fsp3) is 0.167. The number of H-pyrrole nitrogens is 1. The van der Waals surface area contributed by atoms with Crippen molar-refractivity contribution in [1.82, 2.24) is 9.55 Å². The summed E-state index contributed by atoms with van der Waals surface area (Å²) in [6, 6.07) is 4.88. The molecule has 6 heteroatoms. The fourth-order valence-electron chi connectivity index (χ4n) is 1.93. The molecule has 1 N–H and O–H groups in total. The lowest BCUT2D eigenvalue weighted by molar-refractivity contribution is 0.862. The first-order chi connectivity index (χ1) is 8.40. The molecule has 0 saturated heterocycles. The number of halogens is 2. The van der Waals surface area contributed by atoms with Gasteiger partial charge in [-0.3, -0.25) is 9.78 Å². The molecule has 0 bridgehead atoms. The summed E-state index contributed by atoms with van der Waals surface area (Å²) in [6.45, 7) is 3.68. The van der Waals surface area contributed by atoms with E-state index in [-0.39, 0.29) is 5.15 Å². The standard InChI is InChI=1S/C12H10BrClN2O2/c1-6-3-8(13)4-7(2)11(6)16-10(17)5-9(14)15-12(16)18/h3-5H,1-2H3,(H,15,18). The van der Waals surface area contributed by atoms with Crippen LogP contribution >= 0.6 is 27.5 Å². The number of nitrogens with zero attached hydrogens (tertiary/aromatic N) is 1. The Balaban J connectivity index is 2.87. The highest BCUT2D eigenvalue weighted by atomic mass is 79.9. The molecule has 1 aromatic heterocycles. The summed E-state index contributed by atoms with van der Waals surface area (Å²) in [6.07, 6.45) is 0. The third-order valence-electron chi connectivity index (χ3n) is 2.58. The Morgan fingerprint density at radius 2 is 1.72 bits per heavy atom. The Labute approximate surface area is 116 Å². The molecule has 2 rings (SSSR count). The molecule has 0 amide bonds. The minimum absolute atomic E-state index is 0.0358. The van der Waals surface area contributed by atoms with Gasteiger partial charge in [-0.1, -0.05) is 27.5 Å². The van der Waals surface area contributed by atoms with Crippen molar-refractivity contribution in [2.24, 2.45) is 0 Å². The summed E-state index contributed by atoms with van der Waals surface area (Å²) < 4.78 is 1.99. The lowest BCUT2D eigenvalue weighted by Gasteiger charge is -2.12. The van der Waals surface area contributed by atoms with E-state index in [1.165, 1.54) is 6.07 Å². The first-order valence-corrected chi connectivity index (χ1v) is 6.36. The van der Waals surface area contributed by atoms with Crippen molar-refractivity contribution in [3.05, 3.63) is 59.8 Å². The molecule has 0 aliphatic heterocycles. The van der Waals surface area contributed by atoms with Crippen LogP contribution in [0.15, 0.2) is 32.3 Å². The van der Waals surface area contributed by atoms with Gasteiger partial charge in [0.15, 0.2) is 0 Å². The predicted molar refractivity (Wildman–Crippen MR) is 74.8 cm³/mol. The van der Waals surface area contributed by atoms with E-state index in [0.717, 1.165) is 20.2 Å². The van der Waals surface area contributed by atoms with Gasteiger partial charge >= 0.3 is 5.69 Å². The summed E-state index contributed by atoms with van der Waals surface area (Å²) in [5.41, 5.74) is 1.26. The highest BCUT2D eigenvalue weighted by molar-refractivity contribution is 9.10. The summed E-state index contributed by atoms with van der Waals surface area (Å²) in [4.78, 5) is 26.2. The van der Waals surface area contributed by atoms with Gasteiger partial charge in [-0.25, -0.2) is 9.36 Å². The molecular weight excluding hydrogens is 320 g/mol. The van der Waals surface area contributed by atoms with Gasteiger partial charge in [-0.15, -0.1) is 0 Å². The maximum Gasteiger partial charge on any atom is 0.334 e. The average molecular weight is 330 g/mol. The van der Waals surface area contributed by atoms with Gasteiger partial charge in [0, 0.05) is 10.5 Å². The quantitative estimate of drug-likeness (QED) is 0.818. The van der Waals surface area contributed by atoms with Gasteiger partial charge in [0.1, 0.15) is 5.15 Å². The van der Waals surface area contributed by atoms with Crippen LogP contribution in [0.1, 0.15) is 11.1 Å². The SMILES string of the molecule is Cc1cc(Br)cc(C)c1-n1c(=O)cc(Cl)[nH]c1=O. The molecule has 0 atom stereocenters. The van der Waals surface area contributed by atoms with Crippen LogP contribution in [0.3, 0.4) is 0 Å². The molecule has 0 fully saturated rings. The van der Waals surface area contributed by atoms with Crippen LogP contribution in [0.4, 0.5) is 0 Å². The van der Waals surface area contributed by atoms with Crippen molar-refractivity contribution in [1.29, 1.82) is 0 Å². The molecule has 0 saturated carbocycles. The molecule has 4 nitrogen and oxygen atoms in total. The van der Waals surface area contributed by atoms with Crippen molar-refractivity contribution < 1.29 is 0 Å². The zero-order valence-corrected chi connectivity index (χ0v) is 12.1. The predicted octanol–water partition coefficient (Wildman–Crippen LogP) is 2.56. The van der Waals surface area contributed by atoms with Crippen molar-refractivity contribution in [3.63, 3.8) is 0 Å². The van der Waals surface area contributed by atoms with E-state index >= 15 is 0 Å². The summed E-state index contributed by atoms with van der Waals surface area (Å²) in [7, 11) is 0. The van der Waals surface area contributed by atoms with Crippen LogP contribution in [0.5, 0.6) is 0 Å². The minimum atomic E-state index is -0.541. The molecule has 2 aromatic rings. The second-order valence-electron chi connectivity index (χ2n) is 3.98. The van der Waals surface area contributed by atoms with Crippen LogP contribution in [0, 0.1) is 13.8 Å². The van der Waals surface area contributed by atoms with Crippen LogP contribution in [0.25, 0.3) is 5.69 Å². The number of hydrogen-bond acceptors (Lipinski definition) is 2. The second-order valence-corrected chi connectivity index (χ2v) is 5.31. The summed E-state index contributed by atoms with van der Waals surface area (Å²) in [5.74, 6) is 0. The molecule has 1 heterocycles. The highest BCUT2D eigenvalue weighted by Gasteiger charge is 2.12. The van der Waals surface area contributed by atoms with E-state index in [9.17, 15) is 9.59 Å². The number of aryl methyl sites for hydroxylation is 2. The zero-order valence-electron chi connectivity index (χ0n) is 9.75. The van der Waals surface area contributed by atoms with Gasteiger partial charge < -0.3 is 0 Å². The molecule has 0 radical (unpaired) electrons. The van der Waals surface area contributed by atoms with Crippen LogP contribution in [-0.4, -0.2) is 9.55 Å². The molecule has 94 valence electrons.